The lowest BCUT2D eigenvalue weighted by Crippen LogP contribution is -2.33. The van der Waals surface area contributed by atoms with Gasteiger partial charge in [-0.3, -0.25) is 4.90 Å². The minimum Gasteiger partial charge on any atom is -0.496 e. The summed E-state index contributed by atoms with van der Waals surface area (Å²) >= 11 is 0. The van der Waals surface area contributed by atoms with E-state index in [1.807, 2.05) is 23.7 Å². The molecule has 3 heterocycles. The fraction of sp³-hybridized carbons (Fsp3) is 0.387. The lowest BCUT2D eigenvalue weighted by Gasteiger charge is -2.31. The summed E-state index contributed by atoms with van der Waals surface area (Å²) in [7, 11) is 6.15. The van der Waals surface area contributed by atoms with Gasteiger partial charge in [0, 0.05) is 30.3 Å². The van der Waals surface area contributed by atoms with Crippen LogP contribution in [0, 0.1) is 0 Å². The molecule has 0 amide bonds. The Morgan fingerprint density at radius 1 is 0.977 bits per heavy atom. The molecule has 2 aromatic heterocycles. The average Bonchev–Trinajstić information content (AvgIpc) is 3.33. The van der Waals surface area contributed by atoms with Crippen molar-refractivity contribution in [3.63, 3.8) is 0 Å². The first kappa shape index (κ1) is 30.1. The largest absolute Gasteiger partial charge is 0.496 e. The first-order valence-corrected chi connectivity index (χ1v) is 13.8. The van der Waals surface area contributed by atoms with Gasteiger partial charge in [-0.1, -0.05) is 12.1 Å². The van der Waals surface area contributed by atoms with Crippen LogP contribution >= 0.6 is 0 Å². The Balaban J connectivity index is 1.22. The van der Waals surface area contributed by atoms with Gasteiger partial charge < -0.3 is 23.5 Å². The maximum atomic E-state index is 13.1. The van der Waals surface area contributed by atoms with Crippen LogP contribution in [0.5, 0.6) is 17.4 Å². The zero-order valence-corrected chi connectivity index (χ0v) is 24.4. The van der Waals surface area contributed by atoms with Crippen LogP contribution in [-0.2, 0) is 31.1 Å². The van der Waals surface area contributed by atoms with Gasteiger partial charge in [0.25, 0.3) is 0 Å². The van der Waals surface area contributed by atoms with Gasteiger partial charge in [-0.25, -0.2) is 14.8 Å². The van der Waals surface area contributed by atoms with Crippen molar-refractivity contribution in [1.29, 1.82) is 0 Å². The smallest absolute Gasteiger partial charge is 0.416 e. The molecule has 0 radical (unpaired) electrons. The number of methoxy groups -OCH3 is 3. The van der Waals surface area contributed by atoms with Crippen LogP contribution in [0.2, 0.25) is 0 Å². The lowest BCUT2D eigenvalue weighted by molar-refractivity contribution is -0.137. The fourth-order valence-electron chi connectivity index (χ4n) is 5.35. The van der Waals surface area contributed by atoms with Crippen LogP contribution < -0.4 is 14.2 Å². The highest BCUT2D eigenvalue weighted by molar-refractivity contribution is 5.96. The molecule has 0 aliphatic carbocycles. The summed E-state index contributed by atoms with van der Waals surface area (Å²) in [5.41, 5.74) is 2.52. The van der Waals surface area contributed by atoms with E-state index in [2.05, 4.69) is 4.90 Å². The Morgan fingerprint density at radius 2 is 1.72 bits per heavy atom. The molecule has 4 aromatic rings. The number of aromatic nitrogens is 3. The highest BCUT2D eigenvalue weighted by atomic mass is 19.4. The van der Waals surface area contributed by atoms with E-state index in [-0.39, 0.29) is 18.3 Å². The van der Waals surface area contributed by atoms with Gasteiger partial charge >= 0.3 is 12.1 Å². The molecule has 1 aliphatic heterocycles. The standard InChI is InChI=1S/C31H33F3N4O5/c1-37-24-14-21(30(39)42-4)15-26(41-3)29(24)36-27(37)17-38-12-10-19(11-13-38)23-6-5-7-28(35-23)43-18-20-8-9-22(31(32,33)34)16-25(20)40-2/h5-9,14-16,19H,10-13,17-18H2,1-4H3. The van der Waals surface area contributed by atoms with E-state index in [4.69, 9.17) is 28.9 Å². The van der Waals surface area contributed by atoms with Crippen molar-refractivity contribution in [3.8, 4) is 17.4 Å². The number of nitrogens with zero attached hydrogens (tertiary/aromatic N) is 4. The number of hydrogen-bond donors (Lipinski definition) is 0. The molecular formula is C31H33F3N4O5. The van der Waals surface area contributed by atoms with E-state index in [9.17, 15) is 18.0 Å². The van der Waals surface area contributed by atoms with Gasteiger partial charge in [-0.05, 0) is 56.3 Å². The number of aryl methyl sites for hydroxylation is 1. The minimum atomic E-state index is -4.45. The van der Waals surface area contributed by atoms with Gasteiger partial charge in [-0.2, -0.15) is 13.2 Å². The molecule has 0 spiro atoms. The van der Waals surface area contributed by atoms with Crippen LogP contribution in [0.4, 0.5) is 13.2 Å². The van der Waals surface area contributed by atoms with E-state index in [1.165, 1.54) is 20.3 Å². The average molecular weight is 599 g/mol. The Morgan fingerprint density at radius 3 is 2.40 bits per heavy atom. The molecule has 1 fully saturated rings. The number of rotatable bonds is 9. The highest BCUT2D eigenvalue weighted by Crippen LogP contribution is 2.34. The zero-order chi connectivity index (χ0) is 30.7. The summed E-state index contributed by atoms with van der Waals surface area (Å²) in [6, 6.07) is 12.3. The third kappa shape index (κ3) is 6.53. The number of pyridine rings is 1. The summed E-state index contributed by atoms with van der Waals surface area (Å²) in [5, 5.41) is 0. The number of hydrogen-bond acceptors (Lipinski definition) is 8. The number of likely N-dealkylation sites (tertiary alicyclic amines) is 1. The van der Waals surface area contributed by atoms with Crippen LogP contribution in [0.25, 0.3) is 11.0 Å². The van der Waals surface area contributed by atoms with Crippen molar-refractivity contribution in [1.82, 2.24) is 19.4 Å². The monoisotopic (exact) mass is 598 g/mol. The number of ether oxygens (including phenoxy) is 4. The molecule has 12 heteroatoms. The van der Waals surface area contributed by atoms with E-state index in [0.29, 0.717) is 34.8 Å². The molecule has 1 aliphatic rings. The van der Waals surface area contributed by atoms with Crippen molar-refractivity contribution in [2.45, 2.75) is 38.1 Å². The van der Waals surface area contributed by atoms with Crippen molar-refractivity contribution >= 4 is 17.0 Å². The molecule has 43 heavy (non-hydrogen) atoms. The molecule has 0 saturated carbocycles. The van der Waals surface area contributed by atoms with Crippen LogP contribution in [0.3, 0.4) is 0 Å². The van der Waals surface area contributed by atoms with Crippen molar-refractivity contribution in [3.05, 3.63) is 76.7 Å². The highest BCUT2D eigenvalue weighted by Gasteiger charge is 2.31. The molecule has 9 nitrogen and oxygen atoms in total. The summed E-state index contributed by atoms with van der Waals surface area (Å²) < 4.78 is 62.5. The quantitative estimate of drug-likeness (QED) is 0.225. The van der Waals surface area contributed by atoms with Gasteiger partial charge in [-0.15, -0.1) is 0 Å². The van der Waals surface area contributed by atoms with Crippen LogP contribution in [0.1, 0.15) is 51.8 Å². The summed E-state index contributed by atoms with van der Waals surface area (Å²) in [5.74, 6) is 1.70. The van der Waals surface area contributed by atoms with Crippen LogP contribution in [0.15, 0.2) is 48.5 Å². The van der Waals surface area contributed by atoms with E-state index in [1.54, 1.807) is 25.3 Å². The third-order valence-electron chi connectivity index (χ3n) is 7.79. The number of carbonyl (C=O) groups is 1. The number of piperidine rings is 1. The Labute approximate surface area is 247 Å². The van der Waals surface area contributed by atoms with E-state index >= 15 is 0 Å². The van der Waals surface area contributed by atoms with E-state index in [0.717, 1.165) is 55.1 Å². The molecule has 0 N–H and O–H groups in total. The van der Waals surface area contributed by atoms with Crippen LogP contribution in [-0.4, -0.2) is 59.8 Å². The molecule has 0 atom stereocenters. The van der Waals surface area contributed by atoms with Crippen molar-refractivity contribution in [2.24, 2.45) is 7.05 Å². The first-order chi connectivity index (χ1) is 20.6. The van der Waals surface area contributed by atoms with Gasteiger partial charge in [0.05, 0.1) is 44.5 Å². The number of halogens is 3. The molecule has 5 rings (SSSR count). The normalized spacial score (nSPS) is 14.6. The number of benzene rings is 2. The van der Waals surface area contributed by atoms with Crippen molar-refractivity contribution in [2.75, 3.05) is 34.4 Å². The van der Waals surface area contributed by atoms with Crippen molar-refractivity contribution < 1.29 is 36.9 Å². The van der Waals surface area contributed by atoms with Gasteiger partial charge in [0.2, 0.25) is 5.88 Å². The van der Waals surface area contributed by atoms with E-state index < -0.39 is 17.7 Å². The SMILES string of the molecule is COC(=O)c1cc(OC)c2nc(CN3CCC(c4cccc(OCc5ccc(C(F)(F)F)cc5OC)n4)CC3)n(C)c2c1. The number of esters is 1. The molecule has 1 saturated heterocycles. The third-order valence-corrected chi connectivity index (χ3v) is 7.79. The Hall–Kier alpha value is -4.32. The number of imidazole rings is 1. The predicted molar refractivity (Wildman–Crippen MR) is 152 cm³/mol. The van der Waals surface area contributed by atoms with Gasteiger partial charge in [0.1, 0.15) is 29.4 Å². The predicted octanol–water partition coefficient (Wildman–Crippen LogP) is 5.75. The number of fused-ring (bicyclic) bond motifs is 1. The minimum absolute atomic E-state index is 0.0279. The topological polar surface area (TPSA) is 87.9 Å². The molecular weight excluding hydrogens is 565 g/mol. The Kier molecular flexibility index (Phi) is 8.77. The molecule has 0 unspecified atom stereocenters. The molecule has 0 bridgehead atoms. The zero-order valence-electron chi connectivity index (χ0n) is 24.4. The second-order valence-electron chi connectivity index (χ2n) is 10.4. The maximum absolute atomic E-state index is 13.1. The second kappa shape index (κ2) is 12.5. The first-order valence-electron chi connectivity index (χ1n) is 13.8. The fourth-order valence-corrected chi connectivity index (χ4v) is 5.35. The van der Waals surface area contributed by atoms with Gasteiger partial charge in [0.15, 0.2) is 0 Å². The summed E-state index contributed by atoms with van der Waals surface area (Å²) in [4.78, 5) is 24.0. The second-order valence-corrected chi connectivity index (χ2v) is 10.4. The summed E-state index contributed by atoms with van der Waals surface area (Å²) in [6.45, 7) is 2.35. The number of carbonyl (C=O) groups excluding carboxylic acids is 1. The lowest BCUT2D eigenvalue weighted by atomic mass is 9.93. The summed E-state index contributed by atoms with van der Waals surface area (Å²) in [6.07, 6.45) is -2.67. The maximum Gasteiger partial charge on any atom is 0.416 e. The number of alkyl halides is 3. The molecule has 2 aromatic carbocycles. The Bertz CT molecular complexity index is 1610. The molecule has 228 valence electrons.